The van der Waals surface area contributed by atoms with E-state index in [0.717, 1.165) is 23.7 Å². The number of fused-ring (bicyclic) bond motifs is 5. The van der Waals surface area contributed by atoms with Crippen molar-refractivity contribution < 1.29 is 0 Å². The van der Waals surface area contributed by atoms with Gasteiger partial charge in [-0.3, -0.25) is 0 Å². The van der Waals surface area contributed by atoms with Crippen molar-refractivity contribution in [1.29, 1.82) is 0 Å². The molecule has 1 spiro atoms. The topological polar surface area (TPSA) is 3.24 Å². The van der Waals surface area contributed by atoms with Crippen LogP contribution in [-0.2, 0) is 5.41 Å². The van der Waals surface area contributed by atoms with Gasteiger partial charge in [0.15, 0.2) is 0 Å². The Labute approximate surface area is 288 Å². The number of nitrogens with zero attached hydrogens (tertiary/aromatic N) is 1. The van der Waals surface area contributed by atoms with Gasteiger partial charge in [-0.1, -0.05) is 121 Å². The van der Waals surface area contributed by atoms with Gasteiger partial charge < -0.3 is 4.90 Å². The summed E-state index contributed by atoms with van der Waals surface area (Å²) in [6.07, 6.45) is 7.07. The average Bonchev–Trinajstić information content (AvgIpc) is 3.45. The quantitative estimate of drug-likeness (QED) is 0.187. The molecule has 0 aliphatic heterocycles. The van der Waals surface area contributed by atoms with Crippen LogP contribution >= 0.6 is 0 Å². The first-order valence-corrected chi connectivity index (χ1v) is 18.4. The summed E-state index contributed by atoms with van der Waals surface area (Å²) < 4.78 is 0. The Morgan fingerprint density at radius 1 is 0.449 bits per heavy atom. The van der Waals surface area contributed by atoms with Crippen LogP contribution in [0.1, 0.15) is 43.2 Å². The molecule has 1 heteroatoms. The number of anilines is 3. The summed E-state index contributed by atoms with van der Waals surface area (Å²) in [4.78, 5) is 2.55. The van der Waals surface area contributed by atoms with Crippen molar-refractivity contribution in [3.63, 3.8) is 0 Å². The van der Waals surface area contributed by atoms with Gasteiger partial charge in [0.1, 0.15) is 0 Å². The molecule has 49 heavy (non-hydrogen) atoms. The molecule has 236 valence electrons. The minimum Gasteiger partial charge on any atom is -0.310 e. The molecule has 0 atom stereocenters. The molecule has 0 radical (unpaired) electrons. The SMILES string of the molecule is c1ccc2c(c1)-c1c(N(c3ccc(-c4cccc5ccccc45)cc3)c3ccc4ccccc4c3)cccc1C21C2CC3CC(C2)CC1C3. The molecule has 4 fully saturated rings. The summed E-state index contributed by atoms with van der Waals surface area (Å²) in [7, 11) is 0. The van der Waals surface area contributed by atoms with Crippen LogP contribution in [0.4, 0.5) is 17.1 Å². The third-order valence-electron chi connectivity index (χ3n) is 13.0. The van der Waals surface area contributed by atoms with Gasteiger partial charge in [0.25, 0.3) is 0 Å². The predicted molar refractivity (Wildman–Crippen MR) is 205 cm³/mol. The largest absolute Gasteiger partial charge is 0.310 e. The summed E-state index contributed by atoms with van der Waals surface area (Å²) in [6.45, 7) is 0. The van der Waals surface area contributed by atoms with E-state index in [1.54, 1.807) is 11.1 Å². The van der Waals surface area contributed by atoms with E-state index < -0.39 is 0 Å². The van der Waals surface area contributed by atoms with Crippen molar-refractivity contribution in [3.05, 3.63) is 163 Å². The van der Waals surface area contributed by atoms with Gasteiger partial charge in [-0.15, -0.1) is 0 Å². The van der Waals surface area contributed by atoms with Gasteiger partial charge in [-0.2, -0.15) is 0 Å². The van der Waals surface area contributed by atoms with Gasteiger partial charge in [-0.05, 0) is 135 Å². The van der Waals surface area contributed by atoms with E-state index in [1.807, 2.05) is 0 Å². The summed E-state index contributed by atoms with van der Waals surface area (Å²) in [6, 6.07) is 57.2. The van der Waals surface area contributed by atoms with Gasteiger partial charge in [-0.25, -0.2) is 0 Å². The van der Waals surface area contributed by atoms with Crippen LogP contribution in [0.2, 0.25) is 0 Å². The molecule has 7 aromatic carbocycles. The second kappa shape index (κ2) is 10.4. The number of hydrogen-bond donors (Lipinski definition) is 0. The number of benzene rings is 7. The molecule has 0 heterocycles. The molecule has 5 aliphatic carbocycles. The second-order valence-corrected chi connectivity index (χ2v) is 15.4. The van der Waals surface area contributed by atoms with Crippen molar-refractivity contribution in [3.8, 4) is 22.3 Å². The van der Waals surface area contributed by atoms with Crippen LogP contribution in [0.15, 0.2) is 152 Å². The maximum atomic E-state index is 2.55. The Hall–Kier alpha value is -5.14. The third-order valence-corrected chi connectivity index (χ3v) is 13.0. The zero-order valence-electron chi connectivity index (χ0n) is 27.7. The molecular formula is C48H39N. The van der Waals surface area contributed by atoms with Crippen molar-refractivity contribution in [2.75, 3.05) is 4.90 Å². The van der Waals surface area contributed by atoms with Crippen LogP contribution in [0.25, 0.3) is 43.8 Å². The van der Waals surface area contributed by atoms with Crippen molar-refractivity contribution >= 4 is 38.6 Å². The van der Waals surface area contributed by atoms with Crippen LogP contribution in [0.5, 0.6) is 0 Å². The van der Waals surface area contributed by atoms with Gasteiger partial charge in [0.2, 0.25) is 0 Å². The lowest BCUT2D eigenvalue weighted by atomic mass is 9.43. The molecule has 4 bridgehead atoms. The number of hydrogen-bond acceptors (Lipinski definition) is 1. The highest BCUT2D eigenvalue weighted by molar-refractivity contribution is 5.99. The van der Waals surface area contributed by atoms with Crippen molar-refractivity contribution in [1.82, 2.24) is 0 Å². The first-order valence-electron chi connectivity index (χ1n) is 18.4. The molecule has 5 aliphatic rings. The zero-order chi connectivity index (χ0) is 32.1. The summed E-state index contributed by atoms with van der Waals surface area (Å²) in [5.74, 6) is 3.36. The molecule has 12 rings (SSSR count). The molecule has 0 aromatic heterocycles. The fraction of sp³-hybridized carbons (Fsp3) is 0.208. The molecule has 0 amide bonds. The van der Waals surface area contributed by atoms with E-state index in [9.17, 15) is 0 Å². The fourth-order valence-corrected chi connectivity index (χ4v) is 11.4. The molecule has 0 unspecified atom stereocenters. The summed E-state index contributed by atoms with van der Waals surface area (Å²) in [5.41, 5.74) is 12.5. The Bertz CT molecular complexity index is 2380. The fourth-order valence-electron chi connectivity index (χ4n) is 11.4. The lowest BCUT2D eigenvalue weighted by molar-refractivity contribution is -0.0399. The van der Waals surface area contributed by atoms with E-state index in [-0.39, 0.29) is 5.41 Å². The Morgan fingerprint density at radius 2 is 1.06 bits per heavy atom. The van der Waals surface area contributed by atoms with Gasteiger partial charge in [0, 0.05) is 22.4 Å². The first-order chi connectivity index (χ1) is 24.3. The highest BCUT2D eigenvalue weighted by atomic mass is 15.1. The minimum atomic E-state index is 0.142. The standard InChI is InChI=1S/C48H39N/c1-2-11-36-30-40(24-19-33(36)9-1)49(39-22-20-35(21-23-39)42-15-7-12-34-10-3-4-13-41(34)42)46-18-8-17-45-47(46)43-14-5-6-16-44(43)48(45)37-26-31-25-32(28-37)29-38(48)27-31/h1-24,30-32,37-38H,25-29H2. The number of rotatable bonds is 4. The Morgan fingerprint density at radius 3 is 1.88 bits per heavy atom. The van der Waals surface area contributed by atoms with Crippen LogP contribution < -0.4 is 4.90 Å². The zero-order valence-corrected chi connectivity index (χ0v) is 27.7. The third kappa shape index (κ3) is 3.93. The molecule has 0 N–H and O–H groups in total. The maximum absolute atomic E-state index is 2.55. The van der Waals surface area contributed by atoms with Crippen molar-refractivity contribution in [2.45, 2.75) is 37.5 Å². The lowest BCUT2D eigenvalue weighted by Crippen LogP contribution is -2.55. The van der Waals surface area contributed by atoms with Crippen molar-refractivity contribution in [2.24, 2.45) is 23.7 Å². The maximum Gasteiger partial charge on any atom is 0.0543 e. The average molecular weight is 630 g/mol. The normalized spacial score (nSPS) is 24.4. The van der Waals surface area contributed by atoms with Crippen LogP contribution in [0, 0.1) is 23.7 Å². The van der Waals surface area contributed by atoms with Crippen LogP contribution in [-0.4, -0.2) is 0 Å². The molecular weight excluding hydrogens is 591 g/mol. The van der Waals surface area contributed by atoms with E-state index >= 15 is 0 Å². The van der Waals surface area contributed by atoms with E-state index in [1.165, 1.54) is 93.0 Å². The van der Waals surface area contributed by atoms with E-state index in [0.29, 0.717) is 0 Å². The lowest BCUT2D eigenvalue weighted by Gasteiger charge is -2.61. The molecule has 1 nitrogen and oxygen atoms in total. The van der Waals surface area contributed by atoms with E-state index in [2.05, 4.69) is 157 Å². The smallest absolute Gasteiger partial charge is 0.0543 e. The Kier molecular flexibility index (Phi) is 5.91. The minimum absolute atomic E-state index is 0.142. The first kappa shape index (κ1) is 27.8. The highest BCUT2D eigenvalue weighted by Gasteiger charge is 2.61. The second-order valence-electron chi connectivity index (χ2n) is 15.4. The highest BCUT2D eigenvalue weighted by Crippen LogP contribution is 2.70. The molecule has 4 saturated carbocycles. The Balaban J connectivity index is 1.13. The van der Waals surface area contributed by atoms with Gasteiger partial charge >= 0.3 is 0 Å². The van der Waals surface area contributed by atoms with E-state index in [4.69, 9.17) is 0 Å². The predicted octanol–water partition coefficient (Wildman–Crippen LogP) is 12.9. The molecule has 7 aromatic rings. The molecule has 0 saturated heterocycles. The summed E-state index contributed by atoms with van der Waals surface area (Å²) in [5, 5.41) is 5.11. The summed E-state index contributed by atoms with van der Waals surface area (Å²) >= 11 is 0. The van der Waals surface area contributed by atoms with Gasteiger partial charge in [0.05, 0.1) is 5.69 Å². The van der Waals surface area contributed by atoms with Crippen LogP contribution in [0.3, 0.4) is 0 Å². The monoisotopic (exact) mass is 629 g/mol.